The highest BCUT2D eigenvalue weighted by atomic mass is 16.6. The van der Waals surface area contributed by atoms with Crippen LogP contribution >= 0.6 is 0 Å². The molecule has 1 heterocycles. The Kier molecular flexibility index (Phi) is 4.67. The first-order valence-electron chi connectivity index (χ1n) is 8.35. The molecule has 2 aliphatic rings. The Morgan fingerprint density at radius 1 is 1.33 bits per heavy atom. The number of alkyl carbamates (subject to hydrolysis) is 1. The number of hydrogen-bond donors (Lipinski definition) is 1. The molecule has 0 aromatic heterocycles. The Morgan fingerprint density at radius 3 is 2.46 bits per heavy atom. The van der Waals surface area contributed by atoms with Gasteiger partial charge < -0.3 is 15.0 Å². The molecule has 0 radical (unpaired) electrons. The number of likely N-dealkylation sites (tertiary alicyclic amines) is 1. The third kappa shape index (κ3) is 3.72. The Bertz CT molecular complexity index is 585. The lowest BCUT2D eigenvalue weighted by Gasteiger charge is -2.36. The predicted molar refractivity (Wildman–Crippen MR) is 89.9 cm³/mol. The number of carbonyl (C=O) groups excluding carboxylic acids is 2. The molecule has 4 atom stereocenters. The van der Waals surface area contributed by atoms with E-state index in [0.29, 0.717) is 5.92 Å². The molecule has 0 aromatic carbocycles. The number of nitrogens with zero attached hydrogens (tertiary/aromatic N) is 2. The van der Waals surface area contributed by atoms with Gasteiger partial charge in [0.1, 0.15) is 17.7 Å². The minimum Gasteiger partial charge on any atom is -0.444 e. The van der Waals surface area contributed by atoms with Crippen LogP contribution in [0.25, 0.3) is 0 Å². The summed E-state index contributed by atoms with van der Waals surface area (Å²) < 4.78 is 5.29. The van der Waals surface area contributed by atoms with E-state index in [4.69, 9.17) is 4.74 Å². The molecule has 2 amide bonds. The Morgan fingerprint density at radius 2 is 1.96 bits per heavy atom. The standard InChI is InChI=1S/C18H27N3O3/c1-7-18(5,6)14(20-16(23)24-17(2,3)4)15(22)21-12(10-19)8-11-9-13(11)21/h7,11-14H,1,8-9H2,2-6H3,(H,20,23)/t11-,12+,13+,14-/m1/s1. The van der Waals surface area contributed by atoms with Gasteiger partial charge in [-0.2, -0.15) is 5.26 Å². The molecule has 1 saturated carbocycles. The van der Waals surface area contributed by atoms with Gasteiger partial charge in [0.05, 0.1) is 6.07 Å². The first-order valence-corrected chi connectivity index (χ1v) is 8.35. The average Bonchev–Trinajstić information content (AvgIpc) is 3.12. The van der Waals surface area contributed by atoms with E-state index in [1.54, 1.807) is 31.7 Å². The molecular weight excluding hydrogens is 306 g/mol. The number of hydrogen-bond acceptors (Lipinski definition) is 4. The summed E-state index contributed by atoms with van der Waals surface area (Å²) in [5.74, 6) is 0.190. The van der Waals surface area contributed by atoms with Gasteiger partial charge in [0.25, 0.3) is 0 Å². The maximum atomic E-state index is 13.1. The second-order valence-corrected chi connectivity index (χ2v) is 8.29. The van der Waals surface area contributed by atoms with Crippen molar-refractivity contribution in [2.24, 2.45) is 11.3 Å². The van der Waals surface area contributed by atoms with Crippen molar-refractivity contribution < 1.29 is 14.3 Å². The predicted octanol–water partition coefficient (Wildman–Crippen LogP) is 2.60. The molecule has 6 heteroatoms. The number of rotatable bonds is 4. The van der Waals surface area contributed by atoms with Gasteiger partial charge >= 0.3 is 6.09 Å². The minimum absolute atomic E-state index is 0.130. The van der Waals surface area contributed by atoms with Crippen molar-refractivity contribution in [3.05, 3.63) is 12.7 Å². The van der Waals surface area contributed by atoms with E-state index in [9.17, 15) is 14.9 Å². The monoisotopic (exact) mass is 333 g/mol. The summed E-state index contributed by atoms with van der Waals surface area (Å²) in [6, 6.07) is 1.11. The topological polar surface area (TPSA) is 82.4 Å². The second kappa shape index (κ2) is 6.12. The molecular formula is C18H27N3O3. The highest BCUT2D eigenvalue weighted by molar-refractivity contribution is 5.88. The van der Waals surface area contributed by atoms with Crippen LogP contribution < -0.4 is 5.32 Å². The van der Waals surface area contributed by atoms with Gasteiger partial charge in [-0.1, -0.05) is 19.9 Å². The fourth-order valence-electron chi connectivity index (χ4n) is 3.15. The summed E-state index contributed by atoms with van der Waals surface area (Å²) in [6.45, 7) is 12.8. The fourth-order valence-corrected chi connectivity index (χ4v) is 3.15. The number of nitrogens with one attached hydrogen (secondary N) is 1. The highest BCUT2D eigenvalue weighted by Gasteiger charge is 2.56. The van der Waals surface area contributed by atoms with Gasteiger partial charge in [-0.3, -0.25) is 4.79 Å². The third-order valence-corrected chi connectivity index (χ3v) is 4.69. The largest absolute Gasteiger partial charge is 0.444 e. The van der Waals surface area contributed by atoms with Gasteiger partial charge in [0, 0.05) is 11.5 Å². The smallest absolute Gasteiger partial charge is 0.408 e. The summed E-state index contributed by atoms with van der Waals surface area (Å²) in [7, 11) is 0. The fraction of sp³-hybridized carbons (Fsp3) is 0.722. The van der Waals surface area contributed by atoms with E-state index in [1.807, 2.05) is 13.8 Å². The van der Waals surface area contributed by atoms with Crippen LogP contribution in [0.15, 0.2) is 12.7 Å². The zero-order chi connectivity index (χ0) is 18.3. The van der Waals surface area contributed by atoms with E-state index < -0.39 is 29.2 Å². The lowest BCUT2D eigenvalue weighted by Crippen LogP contribution is -2.57. The van der Waals surface area contributed by atoms with E-state index in [-0.39, 0.29) is 11.9 Å². The van der Waals surface area contributed by atoms with Crippen molar-refractivity contribution in [3.63, 3.8) is 0 Å². The Hall–Kier alpha value is -2.03. The first kappa shape index (κ1) is 18.3. The van der Waals surface area contributed by atoms with Crippen LogP contribution in [0.3, 0.4) is 0 Å². The number of amides is 2. The number of nitriles is 1. The normalized spacial score (nSPS) is 26.8. The lowest BCUT2D eigenvalue weighted by molar-refractivity contribution is -0.136. The number of fused-ring (bicyclic) bond motifs is 1. The molecule has 2 rings (SSSR count). The molecule has 1 aliphatic carbocycles. The van der Waals surface area contributed by atoms with E-state index in [1.165, 1.54) is 0 Å². The van der Waals surface area contributed by atoms with E-state index >= 15 is 0 Å². The molecule has 0 unspecified atom stereocenters. The van der Waals surface area contributed by atoms with Crippen molar-refractivity contribution in [1.29, 1.82) is 5.26 Å². The Labute approximate surface area is 143 Å². The second-order valence-electron chi connectivity index (χ2n) is 8.29. The van der Waals surface area contributed by atoms with Crippen molar-refractivity contribution in [1.82, 2.24) is 10.2 Å². The zero-order valence-electron chi connectivity index (χ0n) is 15.1. The van der Waals surface area contributed by atoms with Crippen LogP contribution in [0, 0.1) is 22.7 Å². The van der Waals surface area contributed by atoms with E-state index in [0.717, 1.165) is 12.8 Å². The first-order chi connectivity index (χ1) is 11.0. The molecule has 6 nitrogen and oxygen atoms in total. The summed E-state index contributed by atoms with van der Waals surface area (Å²) in [5.41, 5.74) is -1.32. The SMILES string of the molecule is C=CC(C)(C)[C@H](NC(=O)OC(C)(C)C)C(=O)N1[C@H](C#N)C[C@@H]2C[C@@H]21. The molecule has 0 spiro atoms. The molecule has 2 fully saturated rings. The third-order valence-electron chi connectivity index (χ3n) is 4.69. The maximum Gasteiger partial charge on any atom is 0.408 e. The molecule has 132 valence electrons. The van der Waals surface area contributed by atoms with Crippen LogP contribution in [-0.4, -0.2) is 40.6 Å². The van der Waals surface area contributed by atoms with Crippen LogP contribution in [0.4, 0.5) is 4.79 Å². The van der Waals surface area contributed by atoms with Crippen LogP contribution in [0.2, 0.25) is 0 Å². The molecule has 1 saturated heterocycles. The minimum atomic E-state index is -0.819. The molecule has 1 aliphatic heterocycles. The summed E-state index contributed by atoms with van der Waals surface area (Å²) in [6.07, 6.45) is 2.67. The van der Waals surface area contributed by atoms with Crippen LogP contribution in [0.1, 0.15) is 47.5 Å². The van der Waals surface area contributed by atoms with Crippen molar-refractivity contribution in [2.75, 3.05) is 0 Å². The Balaban J connectivity index is 2.20. The van der Waals surface area contributed by atoms with Gasteiger partial charge in [-0.05, 0) is 39.5 Å². The lowest BCUT2D eigenvalue weighted by atomic mass is 9.83. The van der Waals surface area contributed by atoms with Crippen molar-refractivity contribution in [3.8, 4) is 6.07 Å². The number of ether oxygens (including phenoxy) is 1. The molecule has 0 aromatic rings. The van der Waals surface area contributed by atoms with Crippen LogP contribution in [-0.2, 0) is 9.53 Å². The summed E-state index contributed by atoms with van der Waals surface area (Å²) in [5, 5.41) is 12.0. The van der Waals surface area contributed by atoms with Crippen molar-refractivity contribution in [2.45, 2.75) is 71.2 Å². The number of carbonyl (C=O) groups is 2. The summed E-state index contributed by atoms with van der Waals surface area (Å²) >= 11 is 0. The van der Waals surface area contributed by atoms with Gasteiger partial charge in [-0.25, -0.2) is 4.79 Å². The summed E-state index contributed by atoms with van der Waals surface area (Å²) in [4.78, 5) is 27.0. The van der Waals surface area contributed by atoms with Gasteiger partial charge in [-0.15, -0.1) is 6.58 Å². The number of piperidine rings is 1. The maximum absolute atomic E-state index is 13.1. The van der Waals surface area contributed by atoms with Gasteiger partial charge in [0.15, 0.2) is 0 Å². The average molecular weight is 333 g/mol. The van der Waals surface area contributed by atoms with Crippen molar-refractivity contribution >= 4 is 12.0 Å². The van der Waals surface area contributed by atoms with Gasteiger partial charge in [0.2, 0.25) is 5.91 Å². The zero-order valence-corrected chi connectivity index (χ0v) is 15.1. The van der Waals surface area contributed by atoms with Crippen LogP contribution in [0.5, 0.6) is 0 Å². The quantitative estimate of drug-likeness (QED) is 0.802. The highest BCUT2D eigenvalue weighted by Crippen LogP contribution is 2.48. The molecule has 0 bridgehead atoms. The molecule has 1 N–H and O–H groups in total. The molecule has 24 heavy (non-hydrogen) atoms. The van der Waals surface area contributed by atoms with E-state index in [2.05, 4.69) is 18.0 Å².